The van der Waals surface area contributed by atoms with Gasteiger partial charge in [0, 0.05) is 0 Å². The van der Waals surface area contributed by atoms with Gasteiger partial charge in [-0.3, -0.25) is 0 Å². The van der Waals surface area contributed by atoms with Crippen molar-refractivity contribution < 1.29 is 4.57 Å². The lowest BCUT2D eigenvalue weighted by atomic mass is 10.2. The second-order valence-corrected chi connectivity index (χ2v) is 6.51. The fourth-order valence-electron chi connectivity index (χ4n) is 2.05. The van der Waals surface area contributed by atoms with Gasteiger partial charge in [-0.2, -0.15) is 0 Å². The lowest BCUT2D eigenvalue weighted by molar-refractivity contribution is -0.693. The average Bonchev–Trinajstić information content (AvgIpc) is 2.80. The molecular weight excluding hydrogens is 320 g/mol. The second kappa shape index (κ2) is 5.02. The van der Waals surface area contributed by atoms with Crippen LogP contribution in [-0.4, -0.2) is 4.98 Å². The minimum absolute atomic E-state index is 0.955. The Hall–Kier alpha value is -1.26. The number of aromatic nitrogens is 2. The number of nitrogens with zero attached hydrogens (tertiary/aromatic N) is 2. The highest BCUT2D eigenvalue weighted by molar-refractivity contribution is 9.10. The van der Waals surface area contributed by atoms with E-state index in [1.807, 2.05) is 0 Å². The predicted octanol–water partition coefficient (Wildman–Crippen LogP) is 4.34. The molecule has 4 heteroatoms. The number of hydrogen-bond donors (Lipinski definition) is 0. The minimum atomic E-state index is 0.955. The van der Waals surface area contributed by atoms with Crippen LogP contribution >= 0.6 is 27.3 Å². The summed E-state index contributed by atoms with van der Waals surface area (Å²) in [6, 6.07) is 8.52. The maximum Gasteiger partial charge on any atom is 0.183 e. The molecule has 0 amide bonds. The van der Waals surface area contributed by atoms with Crippen molar-refractivity contribution in [2.75, 3.05) is 0 Å². The van der Waals surface area contributed by atoms with Crippen molar-refractivity contribution in [2.24, 2.45) is 0 Å². The van der Waals surface area contributed by atoms with Crippen molar-refractivity contribution in [3.63, 3.8) is 0 Å². The van der Waals surface area contributed by atoms with Crippen LogP contribution in [0, 0.1) is 6.92 Å². The van der Waals surface area contributed by atoms with Crippen LogP contribution in [0.15, 0.2) is 41.1 Å². The molecule has 3 aromatic rings. The number of fused-ring (bicyclic) bond motifs is 1. The lowest BCUT2D eigenvalue weighted by Crippen LogP contribution is -2.31. The minimum Gasteiger partial charge on any atom is -0.236 e. The van der Waals surface area contributed by atoms with E-state index in [0.29, 0.717) is 0 Å². The normalized spacial score (nSPS) is 11.1. The highest BCUT2D eigenvalue weighted by Gasteiger charge is 2.11. The second-order valence-electron chi connectivity index (χ2n) is 4.56. The summed E-state index contributed by atoms with van der Waals surface area (Å²) in [5.41, 5.74) is 3.52. The molecule has 96 valence electrons. The Bertz CT molecular complexity index is 749. The summed E-state index contributed by atoms with van der Waals surface area (Å²) in [5, 5.41) is 1.07. The molecule has 0 spiro atoms. The molecule has 0 atom stereocenters. The predicted molar refractivity (Wildman–Crippen MR) is 83.4 cm³/mol. The number of aryl methyl sites for hydroxylation is 2. The molecule has 0 unspecified atom stereocenters. The van der Waals surface area contributed by atoms with Gasteiger partial charge in [0.2, 0.25) is 0 Å². The zero-order valence-electron chi connectivity index (χ0n) is 10.9. The van der Waals surface area contributed by atoms with Gasteiger partial charge in [0.05, 0.1) is 20.3 Å². The molecule has 0 aliphatic heterocycles. The maximum absolute atomic E-state index is 4.72. The van der Waals surface area contributed by atoms with Crippen LogP contribution < -0.4 is 4.57 Å². The Morgan fingerprint density at radius 2 is 2.11 bits per heavy atom. The van der Waals surface area contributed by atoms with E-state index in [0.717, 1.165) is 27.1 Å². The Kier molecular flexibility index (Phi) is 3.37. The standard InChI is InChI=1S/C15H14BrN2S/c1-3-18-8-11(7-12(16)9-18)15-17-13-5-4-10(2)6-14(13)19-15/h4-9H,3H2,1-2H3/q+1. The SMILES string of the molecule is CC[n+]1cc(Br)cc(-c2nc3ccc(C)cc3s2)c1. The molecular formula is C15H14BrN2S+. The largest absolute Gasteiger partial charge is 0.236 e. The smallest absolute Gasteiger partial charge is 0.183 e. The van der Waals surface area contributed by atoms with Gasteiger partial charge < -0.3 is 0 Å². The quantitative estimate of drug-likeness (QED) is 0.637. The van der Waals surface area contributed by atoms with E-state index in [1.54, 1.807) is 11.3 Å². The van der Waals surface area contributed by atoms with E-state index in [2.05, 4.69) is 71.0 Å². The van der Waals surface area contributed by atoms with Crippen LogP contribution in [-0.2, 0) is 6.54 Å². The van der Waals surface area contributed by atoms with Gasteiger partial charge in [0.15, 0.2) is 12.4 Å². The highest BCUT2D eigenvalue weighted by Crippen LogP contribution is 2.31. The molecule has 2 aromatic heterocycles. The summed E-state index contributed by atoms with van der Waals surface area (Å²) >= 11 is 5.31. The third-order valence-corrected chi connectivity index (χ3v) is 4.54. The zero-order chi connectivity index (χ0) is 13.4. The first kappa shape index (κ1) is 12.8. The number of pyridine rings is 1. The van der Waals surface area contributed by atoms with E-state index in [-0.39, 0.29) is 0 Å². The van der Waals surface area contributed by atoms with Gasteiger partial charge in [-0.1, -0.05) is 6.07 Å². The van der Waals surface area contributed by atoms with E-state index in [9.17, 15) is 0 Å². The number of thiazole rings is 1. The first-order valence-corrected chi connectivity index (χ1v) is 7.84. The van der Waals surface area contributed by atoms with E-state index in [1.165, 1.54) is 10.3 Å². The number of halogens is 1. The molecule has 0 aliphatic carbocycles. The average molecular weight is 334 g/mol. The topological polar surface area (TPSA) is 16.8 Å². The van der Waals surface area contributed by atoms with Gasteiger partial charge in [0.25, 0.3) is 0 Å². The fraction of sp³-hybridized carbons (Fsp3) is 0.200. The van der Waals surface area contributed by atoms with E-state index < -0.39 is 0 Å². The highest BCUT2D eigenvalue weighted by atomic mass is 79.9. The molecule has 0 saturated carbocycles. The summed E-state index contributed by atoms with van der Waals surface area (Å²) in [7, 11) is 0. The van der Waals surface area contributed by atoms with Gasteiger partial charge in [0.1, 0.15) is 11.6 Å². The monoisotopic (exact) mass is 333 g/mol. The van der Waals surface area contributed by atoms with Crippen molar-refractivity contribution in [1.29, 1.82) is 0 Å². The van der Waals surface area contributed by atoms with Crippen LogP contribution in [0.3, 0.4) is 0 Å². The maximum atomic E-state index is 4.72. The van der Waals surface area contributed by atoms with Gasteiger partial charge in [-0.15, -0.1) is 11.3 Å². The molecule has 19 heavy (non-hydrogen) atoms. The van der Waals surface area contributed by atoms with Crippen molar-refractivity contribution in [3.8, 4) is 10.6 Å². The molecule has 0 N–H and O–H groups in total. The summed E-state index contributed by atoms with van der Waals surface area (Å²) in [4.78, 5) is 4.72. The molecule has 0 radical (unpaired) electrons. The third-order valence-electron chi connectivity index (χ3n) is 3.04. The van der Waals surface area contributed by atoms with Crippen molar-refractivity contribution >= 4 is 37.5 Å². The Labute approximate surface area is 124 Å². The lowest BCUT2D eigenvalue weighted by Gasteiger charge is -1.97. The van der Waals surface area contributed by atoms with Gasteiger partial charge in [-0.25, -0.2) is 9.55 Å². The Morgan fingerprint density at radius 1 is 1.26 bits per heavy atom. The van der Waals surface area contributed by atoms with Crippen LogP contribution in [0.4, 0.5) is 0 Å². The van der Waals surface area contributed by atoms with Crippen molar-refractivity contribution in [3.05, 3.63) is 46.7 Å². The zero-order valence-corrected chi connectivity index (χ0v) is 13.3. The molecule has 0 saturated heterocycles. The molecule has 0 fully saturated rings. The van der Waals surface area contributed by atoms with E-state index >= 15 is 0 Å². The third kappa shape index (κ3) is 2.55. The summed E-state index contributed by atoms with van der Waals surface area (Å²) in [6.07, 6.45) is 4.23. The van der Waals surface area contributed by atoms with Gasteiger partial charge >= 0.3 is 0 Å². The van der Waals surface area contributed by atoms with Crippen LogP contribution in [0.1, 0.15) is 12.5 Å². The van der Waals surface area contributed by atoms with Crippen LogP contribution in [0.2, 0.25) is 0 Å². The molecule has 0 bridgehead atoms. The van der Waals surface area contributed by atoms with E-state index in [4.69, 9.17) is 4.98 Å². The van der Waals surface area contributed by atoms with Crippen LogP contribution in [0.5, 0.6) is 0 Å². The number of rotatable bonds is 2. The van der Waals surface area contributed by atoms with Crippen molar-refractivity contribution in [1.82, 2.24) is 4.98 Å². The number of hydrogen-bond acceptors (Lipinski definition) is 2. The summed E-state index contributed by atoms with van der Waals surface area (Å²) < 4.78 is 4.50. The molecule has 3 rings (SSSR count). The Balaban J connectivity index is 2.15. The molecule has 1 aromatic carbocycles. The van der Waals surface area contributed by atoms with Gasteiger partial charge in [-0.05, 0) is 53.5 Å². The first-order chi connectivity index (χ1) is 9.15. The first-order valence-electron chi connectivity index (χ1n) is 6.23. The molecule has 2 nitrogen and oxygen atoms in total. The van der Waals surface area contributed by atoms with Crippen molar-refractivity contribution in [2.45, 2.75) is 20.4 Å². The summed E-state index contributed by atoms with van der Waals surface area (Å²) in [6.45, 7) is 5.21. The molecule has 2 heterocycles. The molecule has 0 aliphatic rings. The number of benzene rings is 1. The fourth-order valence-corrected chi connectivity index (χ4v) is 3.61. The Morgan fingerprint density at radius 3 is 2.89 bits per heavy atom. The van der Waals surface area contributed by atoms with Crippen LogP contribution in [0.25, 0.3) is 20.8 Å². The summed E-state index contributed by atoms with van der Waals surface area (Å²) in [5.74, 6) is 0.